The summed E-state index contributed by atoms with van der Waals surface area (Å²) in [5, 5.41) is 12.0. The summed E-state index contributed by atoms with van der Waals surface area (Å²) in [5.74, 6) is -0.511. The van der Waals surface area contributed by atoms with Gasteiger partial charge in [0, 0.05) is 19.1 Å². The monoisotopic (exact) mass is 299 g/mol. The van der Waals surface area contributed by atoms with Crippen LogP contribution in [0.1, 0.15) is 19.8 Å². The fourth-order valence-corrected chi connectivity index (χ4v) is 3.10. The molecule has 3 unspecified atom stereocenters. The molecular weight excluding hydrogens is 274 g/mol. The quantitative estimate of drug-likeness (QED) is 0.778. The van der Waals surface area contributed by atoms with E-state index in [0.29, 0.717) is 25.7 Å². The SMILES string of the molecule is CC1CN(C)CCC1NC(=O)N1CCOCC1CC(=O)O. The van der Waals surface area contributed by atoms with Crippen LogP contribution in [0.15, 0.2) is 0 Å². The zero-order valence-corrected chi connectivity index (χ0v) is 12.7. The summed E-state index contributed by atoms with van der Waals surface area (Å²) < 4.78 is 5.30. The number of piperidine rings is 1. The first-order chi connectivity index (χ1) is 9.97. The standard InChI is InChI=1S/C14H25N3O4/c1-10-8-16(2)4-3-12(10)15-14(20)17-5-6-21-9-11(17)7-13(18)19/h10-12H,3-9H2,1-2H3,(H,15,20)(H,18,19). The van der Waals surface area contributed by atoms with E-state index in [4.69, 9.17) is 9.84 Å². The maximum Gasteiger partial charge on any atom is 0.318 e. The van der Waals surface area contributed by atoms with Gasteiger partial charge < -0.3 is 25.0 Å². The van der Waals surface area contributed by atoms with Gasteiger partial charge in [-0.15, -0.1) is 0 Å². The lowest BCUT2D eigenvalue weighted by atomic mass is 9.94. The number of carbonyl (C=O) groups is 2. The average Bonchev–Trinajstić information content (AvgIpc) is 2.42. The second-order valence-corrected chi connectivity index (χ2v) is 6.10. The highest BCUT2D eigenvalue weighted by Crippen LogP contribution is 2.17. The lowest BCUT2D eigenvalue weighted by Gasteiger charge is -2.39. The number of urea groups is 1. The lowest BCUT2D eigenvalue weighted by Crippen LogP contribution is -2.57. The molecule has 7 heteroatoms. The topological polar surface area (TPSA) is 82.1 Å². The Morgan fingerprint density at radius 3 is 2.81 bits per heavy atom. The minimum atomic E-state index is -0.907. The highest BCUT2D eigenvalue weighted by atomic mass is 16.5. The highest BCUT2D eigenvalue weighted by molar-refractivity contribution is 5.76. The molecule has 0 bridgehead atoms. The number of amides is 2. The predicted octanol–water partition coefficient (Wildman–Crippen LogP) is 0.212. The van der Waals surface area contributed by atoms with Crippen molar-refractivity contribution in [3.05, 3.63) is 0 Å². The van der Waals surface area contributed by atoms with Gasteiger partial charge in [-0.2, -0.15) is 0 Å². The Hall–Kier alpha value is -1.34. The summed E-state index contributed by atoms with van der Waals surface area (Å²) in [5.41, 5.74) is 0. The third-order valence-corrected chi connectivity index (χ3v) is 4.32. The summed E-state index contributed by atoms with van der Waals surface area (Å²) >= 11 is 0. The van der Waals surface area contributed by atoms with Gasteiger partial charge in [0.05, 0.1) is 25.7 Å². The first kappa shape index (κ1) is 16.0. The Bertz CT molecular complexity index is 390. The zero-order valence-electron chi connectivity index (χ0n) is 12.7. The van der Waals surface area contributed by atoms with Gasteiger partial charge in [-0.25, -0.2) is 4.79 Å². The van der Waals surface area contributed by atoms with Crippen molar-refractivity contribution in [1.29, 1.82) is 0 Å². The number of morpholine rings is 1. The van der Waals surface area contributed by atoms with Gasteiger partial charge in [-0.3, -0.25) is 4.79 Å². The average molecular weight is 299 g/mol. The first-order valence-corrected chi connectivity index (χ1v) is 7.52. The first-order valence-electron chi connectivity index (χ1n) is 7.52. The number of carboxylic acid groups (broad SMARTS) is 1. The van der Waals surface area contributed by atoms with E-state index in [9.17, 15) is 9.59 Å². The number of likely N-dealkylation sites (tertiary alicyclic amines) is 1. The van der Waals surface area contributed by atoms with Crippen molar-refractivity contribution >= 4 is 12.0 Å². The van der Waals surface area contributed by atoms with Crippen molar-refractivity contribution in [3.8, 4) is 0 Å². The van der Waals surface area contributed by atoms with Crippen LogP contribution in [0.4, 0.5) is 4.79 Å². The minimum absolute atomic E-state index is 0.0730. The Kier molecular flexibility index (Phi) is 5.41. The van der Waals surface area contributed by atoms with Gasteiger partial charge in [0.25, 0.3) is 0 Å². The Morgan fingerprint density at radius 1 is 1.38 bits per heavy atom. The smallest absolute Gasteiger partial charge is 0.318 e. The van der Waals surface area contributed by atoms with Crippen molar-refractivity contribution in [2.45, 2.75) is 31.8 Å². The van der Waals surface area contributed by atoms with Crippen LogP contribution in [-0.4, -0.2) is 78.9 Å². The number of carboxylic acids is 1. The van der Waals surface area contributed by atoms with Crippen molar-refractivity contribution in [2.75, 3.05) is 39.9 Å². The van der Waals surface area contributed by atoms with Crippen molar-refractivity contribution in [3.63, 3.8) is 0 Å². The molecular formula is C14H25N3O4. The fraction of sp³-hybridized carbons (Fsp3) is 0.857. The molecule has 3 atom stereocenters. The Balaban J connectivity index is 1.92. The van der Waals surface area contributed by atoms with E-state index in [-0.39, 0.29) is 24.5 Å². The van der Waals surface area contributed by atoms with E-state index in [0.717, 1.165) is 19.5 Å². The van der Waals surface area contributed by atoms with E-state index in [1.807, 2.05) is 0 Å². The van der Waals surface area contributed by atoms with Crippen LogP contribution < -0.4 is 5.32 Å². The van der Waals surface area contributed by atoms with Crippen molar-refractivity contribution in [2.24, 2.45) is 5.92 Å². The van der Waals surface area contributed by atoms with Crippen LogP contribution in [0.2, 0.25) is 0 Å². The number of nitrogens with zero attached hydrogens (tertiary/aromatic N) is 2. The molecule has 2 rings (SSSR count). The molecule has 0 aromatic heterocycles. The van der Waals surface area contributed by atoms with E-state index in [1.54, 1.807) is 4.90 Å². The van der Waals surface area contributed by atoms with Crippen LogP contribution in [0.25, 0.3) is 0 Å². The molecule has 2 amide bonds. The molecule has 0 aromatic rings. The van der Waals surface area contributed by atoms with E-state index in [1.165, 1.54) is 0 Å². The molecule has 2 fully saturated rings. The van der Waals surface area contributed by atoms with Gasteiger partial charge >= 0.3 is 12.0 Å². The molecule has 2 saturated heterocycles. The van der Waals surface area contributed by atoms with E-state index < -0.39 is 5.97 Å². The summed E-state index contributed by atoms with van der Waals surface area (Å²) in [6.45, 7) is 5.28. The third-order valence-electron chi connectivity index (χ3n) is 4.32. The molecule has 2 aliphatic rings. The Morgan fingerprint density at radius 2 is 2.14 bits per heavy atom. The molecule has 7 nitrogen and oxygen atoms in total. The fourth-order valence-electron chi connectivity index (χ4n) is 3.10. The van der Waals surface area contributed by atoms with Gasteiger partial charge in [-0.1, -0.05) is 6.92 Å². The largest absolute Gasteiger partial charge is 0.481 e. The van der Waals surface area contributed by atoms with E-state index >= 15 is 0 Å². The maximum atomic E-state index is 12.4. The second-order valence-electron chi connectivity index (χ2n) is 6.10. The molecule has 120 valence electrons. The highest BCUT2D eigenvalue weighted by Gasteiger charge is 2.32. The number of ether oxygens (including phenoxy) is 1. The van der Waals surface area contributed by atoms with Crippen LogP contribution in [-0.2, 0) is 9.53 Å². The zero-order chi connectivity index (χ0) is 15.4. The number of carbonyl (C=O) groups excluding carboxylic acids is 1. The van der Waals surface area contributed by atoms with Crippen LogP contribution in [0.3, 0.4) is 0 Å². The van der Waals surface area contributed by atoms with Gasteiger partial charge in [0.1, 0.15) is 0 Å². The van der Waals surface area contributed by atoms with Crippen molar-refractivity contribution in [1.82, 2.24) is 15.1 Å². The third kappa shape index (κ3) is 4.31. The van der Waals surface area contributed by atoms with Gasteiger partial charge in [-0.05, 0) is 25.9 Å². The molecule has 2 heterocycles. The Labute approximate surface area is 125 Å². The molecule has 0 aliphatic carbocycles. The number of rotatable bonds is 3. The number of aliphatic carboxylic acids is 1. The summed E-state index contributed by atoms with van der Waals surface area (Å²) in [4.78, 5) is 27.2. The molecule has 0 saturated carbocycles. The number of hydrogen-bond acceptors (Lipinski definition) is 4. The molecule has 21 heavy (non-hydrogen) atoms. The summed E-state index contributed by atoms with van der Waals surface area (Å²) in [6.07, 6.45) is 0.855. The van der Waals surface area contributed by atoms with Crippen LogP contribution in [0, 0.1) is 5.92 Å². The molecule has 0 aromatic carbocycles. The maximum absolute atomic E-state index is 12.4. The van der Waals surface area contributed by atoms with Crippen LogP contribution in [0.5, 0.6) is 0 Å². The predicted molar refractivity (Wildman–Crippen MR) is 77.2 cm³/mol. The number of nitrogens with one attached hydrogen (secondary N) is 1. The summed E-state index contributed by atoms with van der Waals surface area (Å²) in [6, 6.07) is -0.384. The molecule has 2 aliphatic heterocycles. The van der Waals surface area contributed by atoms with Crippen molar-refractivity contribution < 1.29 is 19.4 Å². The normalized spacial score (nSPS) is 31.0. The lowest BCUT2D eigenvalue weighted by molar-refractivity contribution is -0.139. The van der Waals surface area contributed by atoms with Gasteiger partial charge in [0.2, 0.25) is 0 Å². The molecule has 0 spiro atoms. The van der Waals surface area contributed by atoms with Crippen LogP contribution >= 0.6 is 0 Å². The van der Waals surface area contributed by atoms with E-state index in [2.05, 4.69) is 24.2 Å². The second kappa shape index (κ2) is 7.09. The summed E-state index contributed by atoms with van der Waals surface area (Å²) in [7, 11) is 2.08. The number of hydrogen-bond donors (Lipinski definition) is 2. The molecule has 2 N–H and O–H groups in total. The van der Waals surface area contributed by atoms with Gasteiger partial charge in [0.15, 0.2) is 0 Å². The minimum Gasteiger partial charge on any atom is -0.481 e. The molecule has 0 radical (unpaired) electrons.